The Morgan fingerprint density at radius 2 is 1.94 bits per heavy atom. The summed E-state index contributed by atoms with van der Waals surface area (Å²) >= 11 is 0. The highest BCUT2D eigenvalue weighted by molar-refractivity contribution is 5.71. The highest BCUT2D eigenvalue weighted by Crippen LogP contribution is 2.23. The lowest BCUT2D eigenvalue weighted by atomic mass is 10.1. The first-order valence-corrected chi connectivity index (χ1v) is 5.31. The van der Waals surface area contributed by atoms with Crippen LogP contribution < -0.4 is 0 Å². The molecule has 2 aromatic rings. The number of benzene rings is 1. The molecular formula is C13H13NO3. The van der Waals surface area contributed by atoms with Crippen LogP contribution in [0.2, 0.25) is 0 Å². The molecule has 1 aromatic carbocycles. The number of oxazole rings is 1. The highest BCUT2D eigenvalue weighted by Gasteiger charge is 2.09. The summed E-state index contributed by atoms with van der Waals surface area (Å²) in [6.45, 7) is 3.66. The summed E-state index contributed by atoms with van der Waals surface area (Å²) in [5.74, 6) is 0.576. The van der Waals surface area contributed by atoms with Gasteiger partial charge < -0.3 is 9.52 Å². The molecule has 4 heteroatoms. The molecule has 4 nitrogen and oxygen atoms in total. The predicted octanol–water partition coefficient (Wildman–Crippen LogP) is 2.59. The smallest absolute Gasteiger partial charge is 0.307 e. The predicted molar refractivity (Wildman–Crippen MR) is 62.8 cm³/mol. The maximum Gasteiger partial charge on any atom is 0.307 e. The second kappa shape index (κ2) is 4.41. The van der Waals surface area contributed by atoms with Crippen molar-refractivity contribution >= 4 is 5.97 Å². The molecule has 1 aromatic heterocycles. The standard InChI is InChI=1S/C13H13NO3/c1-8-13(14-9(2)17-8)11-5-3-10(4-6-11)7-12(15)16/h3-6H,7H2,1-2H3,(H,15,16). The number of hydrogen-bond acceptors (Lipinski definition) is 3. The van der Waals surface area contributed by atoms with Crippen LogP contribution in [0.5, 0.6) is 0 Å². The maximum absolute atomic E-state index is 10.6. The molecule has 88 valence electrons. The van der Waals surface area contributed by atoms with E-state index >= 15 is 0 Å². The zero-order chi connectivity index (χ0) is 12.4. The molecule has 0 spiro atoms. The largest absolute Gasteiger partial charge is 0.481 e. The molecule has 0 radical (unpaired) electrons. The Morgan fingerprint density at radius 1 is 1.29 bits per heavy atom. The van der Waals surface area contributed by atoms with Gasteiger partial charge >= 0.3 is 5.97 Å². The third kappa shape index (κ3) is 2.53. The second-order valence-corrected chi connectivity index (χ2v) is 3.91. The van der Waals surface area contributed by atoms with Gasteiger partial charge in [0.15, 0.2) is 5.89 Å². The van der Waals surface area contributed by atoms with E-state index in [1.807, 2.05) is 19.1 Å². The van der Waals surface area contributed by atoms with Gasteiger partial charge in [-0.15, -0.1) is 0 Å². The van der Waals surface area contributed by atoms with Crippen LogP contribution in [0.15, 0.2) is 28.7 Å². The van der Waals surface area contributed by atoms with Gasteiger partial charge in [-0.1, -0.05) is 24.3 Å². The van der Waals surface area contributed by atoms with Crippen molar-refractivity contribution in [1.82, 2.24) is 4.98 Å². The topological polar surface area (TPSA) is 63.3 Å². The number of carbonyl (C=O) groups is 1. The molecule has 0 aliphatic rings. The molecule has 0 bridgehead atoms. The molecule has 2 rings (SSSR count). The van der Waals surface area contributed by atoms with Gasteiger partial charge in [-0.25, -0.2) is 4.98 Å². The molecule has 0 saturated heterocycles. The van der Waals surface area contributed by atoms with E-state index in [4.69, 9.17) is 9.52 Å². The van der Waals surface area contributed by atoms with E-state index < -0.39 is 5.97 Å². The number of hydrogen-bond donors (Lipinski definition) is 1. The van der Waals surface area contributed by atoms with Gasteiger partial charge in [-0.05, 0) is 12.5 Å². The molecule has 0 amide bonds. The average molecular weight is 231 g/mol. The number of nitrogens with zero attached hydrogens (tertiary/aromatic N) is 1. The second-order valence-electron chi connectivity index (χ2n) is 3.91. The summed E-state index contributed by atoms with van der Waals surface area (Å²) < 4.78 is 5.36. The molecule has 0 saturated carbocycles. The molecule has 0 unspecified atom stereocenters. The molecule has 0 aliphatic carbocycles. The van der Waals surface area contributed by atoms with Crippen LogP contribution in [0.3, 0.4) is 0 Å². The number of carboxylic acid groups (broad SMARTS) is 1. The van der Waals surface area contributed by atoms with E-state index in [1.54, 1.807) is 19.1 Å². The summed E-state index contributed by atoms with van der Waals surface area (Å²) in [5, 5.41) is 8.67. The first-order chi connectivity index (χ1) is 8.06. The van der Waals surface area contributed by atoms with E-state index in [9.17, 15) is 4.79 Å². The first-order valence-electron chi connectivity index (χ1n) is 5.31. The van der Waals surface area contributed by atoms with Crippen molar-refractivity contribution in [2.75, 3.05) is 0 Å². The van der Waals surface area contributed by atoms with E-state index in [0.717, 1.165) is 22.6 Å². The van der Waals surface area contributed by atoms with E-state index in [1.165, 1.54) is 0 Å². The van der Waals surface area contributed by atoms with Crippen LogP contribution in [-0.4, -0.2) is 16.1 Å². The van der Waals surface area contributed by atoms with Crippen molar-refractivity contribution in [3.63, 3.8) is 0 Å². The van der Waals surface area contributed by atoms with Crippen molar-refractivity contribution in [3.05, 3.63) is 41.5 Å². The minimum atomic E-state index is -0.828. The van der Waals surface area contributed by atoms with Crippen LogP contribution >= 0.6 is 0 Å². The molecule has 0 aliphatic heterocycles. The summed E-state index contributed by atoms with van der Waals surface area (Å²) in [4.78, 5) is 14.8. The van der Waals surface area contributed by atoms with E-state index in [-0.39, 0.29) is 6.42 Å². The fourth-order valence-corrected chi connectivity index (χ4v) is 1.75. The fraction of sp³-hybridized carbons (Fsp3) is 0.231. The zero-order valence-corrected chi connectivity index (χ0v) is 9.73. The molecular weight excluding hydrogens is 218 g/mol. The zero-order valence-electron chi connectivity index (χ0n) is 9.73. The fourth-order valence-electron chi connectivity index (χ4n) is 1.75. The van der Waals surface area contributed by atoms with Gasteiger partial charge in [-0.3, -0.25) is 4.79 Å². The van der Waals surface area contributed by atoms with Gasteiger partial charge in [0.1, 0.15) is 11.5 Å². The minimum absolute atomic E-state index is 0.0388. The highest BCUT2D eigenvalue weighted by atomic mass is 16.4. The van der Waals surface area contributed by atoms with Crippen molar-refractivity contribution < 1.29 is 14.3 Å². The minimum Gasteiger partial charge on any atom is -0.481 e. The normalized spacial score (nSPS) is 10.5. The monoisotopic (exact) mass is 231 g/mol. The molecule has 17 heavy (non-hydrogen) atoms. The van der Waals surface area contributed by atoms with Crippen LogP contribution in [-0.2, 0) is 11.2 Å². The maximum atomic E-state index is 10.6. The Balaban J connectivity index is 2.29. The van der Waals surface area contributed by atoms with Crippen molar-refractivity contribution in [1.29, 1.82) is 0 Å². The van der Waals surface area contributed by atoms with E-state index in [0.29, 0.717) is 5.89 Å². The summed E-state index contributed by atoms with van der Waals surface area (Å²) in [5.41, 5.74) is 2.52. The third-order valence-corrected chi connectivity index (χ3v) is 2.49. The number of rotatable bonds is 3. The molecule has 0 atom stereocenters. The van der Waals surface area contributed by atoms with Crippen LogP contribution in [0.4, 0.5) is 0 Å². The first kappa shape index (κ1) is 11.4. The van der Waals surface area contributed by atoms with Crippen molar-refractivity contribution in [3.8, 4) is 11.3 Å². The number of aliphatic carboxylic acids is 1. The Labute approximate surface area is 98.9 Å². The average Bonchev–Trinajstić information content (AvgIpc) is 2.58. The summed E-state index contributed by atoms with van der Waals surface area (Å²) in [7, 11) is 0. The molecule has 1 N–H and O–H groups in total. The van der Waals surface area contributed by atoms with Gasteiger partial charge in [-0.2, -0.15) is 0 Å². The third-order valence-electron chi connectivity index (χ3n) is 2.49. The van der Waals surface area contributed by atoms with E-state index in [2.05, 4.69) is 4.98 Å². The SMILES string of the molecule is Cc1nc(-c2ccc(CC(=O)O)cc2)c(C)o1. The molecule has 0 fully saturated rings. The van der Waals surface area contributed by atoms with Crippen LogP contribution in [0, 0.1) is 13.8 Å². The van der Waals surface area contributed by atoms with Crippen molar-refractivity contribution in [2.45, 2.75) is 20.3 Å². The lowest BCUT2D eigenvalue weighted by Gasteiger charge is -2.00. The number of aromatic nitrogens is 1. The number of aryl methyl sites for hydroxylation is 2. The summed E-state index contributed by atoms with van der Waals surface area (Å²) in [6, 6.07) is 7.32. The van der Waals surface area contributed by atoms with Crippen LogP contribution in [0.1, 0.15) is 17.2 Å². The summed E-state index contributed by atoms with van der Waals surface area (Å²) in [6.07, 6.45) is 0.0388. The van der Waals surface area contributed by atoms with Crippen molar-refractivity contribution in [2.24, 2.45) is 0 Å². The Morgan fingerprint density at radius 3 is 2.41 bits per heavy atom. The van der Waals surface area contributed by atoms with Gasteiger partial charge in [0.2, 0.25) is 0 Å². The van der Waals surface area contributed by atoms with Gasteiger partial charge in [0.25, 0.3) is 0 Å². The lowest BCUT2D eigenvalue weighted by Crippen LogP contribution is -1.99. The van der Waals surface area contributed by atoms with Gasteiger partial charge in [0.05, 0.1) is 6.42 Å². The quantitative estimate of drug-likeness (QED) is 0.881. The number of carboxylic acids is 1. The van der Waals surface area contributed by atoms with Gasteiger partial charge in [0, 0.05) is 12.5 Å². The van der Waals surface area contributed by atoms with Crippen LogP contribution in [0.25, 0.3) is 11.3 Å². The Hall–Kier alpha value is -2.10. The molecule has 1 heterocycles. The lowest BCUT2D eigenvalue weighted by molar-refractivity contribution is -0.136. The Bertz CT molecular complexity index is 540. The Kier molecular flexibility index (Phi) is 2.95.